The Morgan fingerprint density at radius 1 is 1.00 bits per heavy atom. The molecule has 1 aliphatic rings. The van der Waals surface area contributed by atoms with E-state index < -0.39 is 0 Å². The lowest BCUT2D eigenvalue weighted by Crippen LogP contribution is -2.44. The number of non-ortho nitro benzene ring substituents is 1. The van der Waals surface area contributed by atoms with Gasteiger partial charge in [-0.1, -0.05) is 30.3 Å². The molecular formula is C17H19N3O2. The average molecular weight is 297 g/mol. The van der Waals surface area contributed by atoms with E-state index in [0.29, 0.717) is 0 Å². The van der Waals surface area contributed by atoms with E-state index in [0.717, 1.165) is 43.0 Å². The number of piperazine rings is 1. The first-order valence-electron chi connectivity index (χ1n) is 7.42. The van der Waals surface area contributed by atoms with Crippen LogP contribution in [-0.2, 0) is 0 Å². The molecule has 5 heteroatoms. The molecule has 2 aromatic rings. The van der Waals surface area contributed by atoms with Crippen molar-refractivity contribution in [1.82, 2.24) is 4.90 Å². The van der Waals surface area contributed by atoms with E-state index in [-0.39, 0.29) is 10.6 Å². The first kappa shape index (κ1) is 14.5. The Morgan fingerprint density at radius 2 is 1.68 bits per heavy atom. The molecule has 0 bridgehead atoms. The van der Waals surface area contributed by atoms with E-state index >= 15 is 0 Å². The highest BCUT2D eigenvalue weighted by molar-refractivity contribution is 5.80. The molecule has 2 aromatic carbocycles. The zero-order chi connectivity index (χ0) is 15.5. The third kappa shape index (κ3) is 2.94. The smallest absolute Gasteiger partial charge is 0.270 e. The summed E-state index contributed by atoms with van der Waals surface area (Å²) in [7, 11) is 2.12. The Kier molecular flexibility index (Phi) is 4.06. The van der Waals surface area contributed by atoms with Crippen molar-refractivity contribution >= 4 is 11.4 Å². The van der Waals surface area contributed by atoms with E-state index in [9.17, 15) is 10.1 Å². The number of likely N-dealkylation sites (N-methyl/N-ethyl adjacent to an activating group) is 1. The molecule has 5 nitrogen and oxygen atoms in total. The van der Waals surface area contributed by atoms with Crippen LogP contribution in [-0.4, -0.2) is 43.0 Å². The SMILES string of the molecule is CN1CCN(c2ccc([N+](=O)[O-])cc2-c2ccccc2)CC1. The maximum absolute atomic E-state index is 11.1. The van der Waals surface area contributed by atoms with Gasteiger partial charge < -0.3 is 9.80 Å². The van der Waals surface area contributed by atoms with Crippen molar-refractivity contribution in [3.05, 3.63) is 58.6 Å². The van der Waals surface area contributed by atoms with Crippen molar-refractivity contribution in [1.29, 1.82) is 0 Å². The Balaban J connectivity index is 2.03. The minimum Gasteiger partial charge on any atom is -0.368 e. The van der Waals surface area contributed by atoms with Gasteiger partial charge in [-0.05, 0) is 18.7 Å². The summed E-state index contributed by atoms with van der Waals surface area (Å²) in [6.45, 7) is 3.89. The second kappa shape index (κ2) is 6.15. The van der Waals surface area contributed by atoms with Gasteiger partial charge in [0.2, 0.25) is 0 Å². The van der Waals surface area contributed by atoms with Crippen LogP contribution in [0.3, 0.4) is 0 Å². The van der Waals surface area contributed by atoms with Crippen LogP contribution < -0.4 is 4.90 Å². The standard InChI is InChI=1S/C17H19N3O2/c1-18-9-11-19(12-10-18)17-8-7-15(20(21)22)13-16(17)14-5-3-2-4-6-14/h2-8,13H,9-12H2,1H3. The molecular weight excluding hydrogens is 278 g/mol. The van der Waals surface area contributed by atoms with Crippen LogP contribution in [0.5, 0.6) is 0 Å². The maximum atomic E-state index is 11.1. The van der Waals surface area contributed by atoms with Crippen molar-refractivity contribution < 1.29 is 4.92 Å². The molecule has 0 saturated carbocycles. The molecule has 0 aromatic heterocycles. The number of hydrogen-bond donors (Lipinski definition) is 0. The quantitative estimate of drug-likeness (QED) is 0.645. The lowest BCUT2D eigenvalue weighted by Gasteiger charge is -2.35. The van der Waals surface area contributed by atoms with Crippen LogP contribution in [0.4, 0.5) is 11.4 Å². The molecule has 0 amide bonds. The molecule has 0 unspecified atom stereocenters. The molecule has 0 spiro atoms. The van der Waals surface area contributed by atoms with E-state index in [1.54, 1.807) is 12.1 Å². The molecule has 0 atom stereocenters. The molecule has 114 valence electrons. The van der Waals surface area contributed by atoms with Gasteiger partial charge in [-0.25, -0.2) is 0 Å². The van der Waals surface area contributed by atoms with Crippen LogP contribution >= 0.6 is 0 Å². The summed E-state index contributed by atoms with van der Waals surface area (Å²) in [6, 6.07) is 15.0. The summed E-state index contributed by atoms with van der Waals surface area (Å²) in [5, 5.41) is 11.1. The highest BCUT2D eigenvalue weighted by Crippen LogP contribution is 2.34. The molecule has 1 saturated heterocycles. The van der Waals surface area contributed by atoms with Crippen LogP contribution in [0.15, 0.2) is 48.5 Å². The summed E-state index contributed by atoms with van der Waals surface area (Å²) in [5.74, 6) is 0. The number of hydrogen-bond acceptors (Lipinski definition) is 4. The molecule has 1 fully saturated rings. The Bertz CT molecular complexity index is 665. The van der Waals surface area contributed by atoms with Gasteiger partial charge in [0.05, 0.1) is 4.92 Å². The van der Waals surface area contributed by atoms with Crippen molar-refractivity contribution in [3.8, 4) is 11.1 Å². The zero-order valence-corrected chi connectivity index (χ0v) is 12.6. The van der Waals surface area contributed by atoms with Crippen LogP contribution in [0.2, 0.25) is 0 Å². The highest BCUT2D eigenvalue weighted by atomic mass is 16.6. The van der Waals surface area contributed by atoms with Crippen molar-refractivity contribution in [3.63, 3.8) is 0 Å². The second-order valence-corrected chi connectivity index (χ2v) is 5.61. The number of nitrogens with zero attached hydrogens (tertiary/aromatic N) is 3. The number of nitro groups is 1. The predicted molar refractivity (Wildman–Crippen MR) is 88.2 cm³/mol. The zero-order valence-electron chi connectivity index (χ0n) is 12.6. The van der Waals surface area contributed by atoms with Gasteiger partial charge in [0.1, 0.15) is 0 Å². The Morgan fingerprint density at radius 3 is 2.32 bits per heavy atom. The minimum atomic E-state index is -0.333. The summed E-state index contributed by atoms with van der Waals surface area (Å²) in [6.07, 6.45) is 0. The van der Waals surface area contributed by atoms with E-state index in [1.165, 1.54) is 0 Å². The molecule has 22 heavy (non-hydrogen) atoms. The Hall–Kier alpha value is -2.40. The highest BCUT2D eigenvalue weighted by Gasteiger charge is 2.20. The van der Waals surface area contributed by atoms with E-state index in [1.807, 2.05) is 36.4 Å². The largest absolute Gasteiger partial charge is 0.368 e. The van der Waals surface area contributed by atoms with Gasteiger partial charge >= 0.3 is 0 Å². The first-order chi connectivity index (χ1) is 10.6. The first-order valence-corrected chi connectivity index (χ1v) is 7.42. The van der Waals surface area contributed by atoms with Gasteiger partial charge in [0.15, 0.2) is 0 Å². The topological polar surface area (TPSA) is 49.6 Å². The summed E-state index contributed by atoms with van der Waals surface area (Å²) in [4.78, 5) is 15.4. The van der Waals surface area contributed by atoms with Gasteiger partial charge in [0, 0.05) is 49.6 Å². The lowest BCUT2D eigenvalue weighted by atomic mass is 10.0. The summed E-state index contributed by atoms with van der Waals surface area (Å²) in [5.41, 5.74) is 3.15. The van der Waals surface area contributed by atoms with Crippen LogP contribution in [0, 0.1) is 10.1 Å². The van der Waals surface area contributed by atoms with Crippen LogP contribution in [0.1, 0.15) is 0 Å². The number of anilines is 1. The van der Waals surface area contributed by atoms with Crippen LogP contribution in [0.25, 0.3) is 11.1 Å². The number of benzene rings is 2. The molecule has 0 N–H and O–H groups in total. The fraction of sp³-hybridized carbons (Fsp3) is 0.294. The van der Waals surface area contributed by atoms with Crippen molar-refractivity contribution in [2.75, 3.05) is 38.1 Å². The molecule has 0 radical (unpaired) electrons. The Labute approximate surface area is 129 Å². The summed E-state index contributed by atoms with van der Waals surface area (Å²) >= 11 is 0. The van der Waals surface area contributed by atoms with Gasteiger partial charge in [-0.15, -0.1) is 0 Å². The van der Waals surface area contributed by atoms with E-state index in [2.05, 4.69) is 16.8 Å². The monoisotopic (exact) mass is 297 g/mol. The molecule has 0 aliphatic carbocycles. The third-order valence-electron chi connectivity index (χ3n) is 4.12. The summed E-state index contributed by atoms with van der Waals surface area (Å²) < 4.78 is 0. The fourth-order valence-electron chi connectivity index (χ4n) is 2.81. The number of nitro benzene ring substituents is 1. The van der Waals surface area contributed by atoms with Gasteiger partial charge in [-0.3, -0.25) is 10.1 Å². The fourth-order valence-corrected chi connectivity index (χ4v) is 2.81. The van der Waals surface area contributed by atoms with Gasteiger partial charge in [-0.2, -0.15) is 0 Å². The van der Waals surface area contributed by atoms with E-state index in [4.69, 9.17) is 0 Å². The predicted octanol–water partition coefficient (Wildman–Crippen LogP) is 3.01. The van der Waals surface area contributed by atoms with Crippen molar-refractivity contribution in [2.24, 2.45) is 0 Å². The molecule has 1 heterocycles. The second-order valence-electron chi connectivity index (χ2n) is 5.61. The van der Waals surface area contributed by atoms with Gasteiger partial charge in [0.25, 0.3) is 5.69 Å². The van der Waals surface area contributed by atoms with Crippen molar-refractivity contribution in [2.45, 2.75) is 0 Å². The molecule has 3 rings (SSSR count). The normalized spacial score (nSPS) is 15.8. The maximum Gasteiger partial charge on any atom is 0.270 e. The molecule has 1 aliphatic heterocycles. The average Bonchev–Trinajstić information content (AvgIpc) is 2.56. The minimum absolute atomic E-state index is 0.136. The third-order valence-corrected chi connectivity index (χ3v) is 4.12. The number of rotatable bonds is 3. The lowest BCUT2D eigenvalue weighted by molar-refractivity contribution is -0.384.